The first-order valence-corrected chi connectivity index (χ1v) is 16.8. The van der Waals surface area contributed by atoms with E-state index in [0.29, 0.717) is 0 Å². The van der Waals surface area contributed by atoms with Crippen LogP contribution < -0.4 is 15.5 Å². The largest absolute Gasteiger partial charge is 0.366 e. The third-order valence-corrected chi connectivity index (χ3v) is 10.9. The number of nitrogens with zero attached hydrogens (tertiary/aromatic N) is 1. The molecule has 0 spiro atoms. The summed E-state index contributed by atoms with van der Waals surface area (Å²) in [6, 6.07) is 53.1. The third kappa shape index (κ3) is 4.65. The molecule has 0 radical (unpaired) electrons. The Hall–Kier alpha value is -5.03. The van der Waals surface area contributed by atoms with E-state index in [1.54, 1.807) is 0 Å². The average Bonchev–Trinajstić information content (AvgIpc) is 3.47. The van der Waals surface area contributed by atoms with Gasteiger partial charge in [0.25, 0.3) is 0 Å². The van der Waals surface area contributed by atoms with E-state index in [0.717, 1.165) is 5.70 Å². The van der Waals surface area contributed by atoms with Crippen LogP contribution in [-0.2, 0) is 0 Å². The molecule has 2 aliphatic heterocycles. The maximum Gasteiger partial charge on any atom is 0.105 e. The summed E-state index contributed by atoms with van der Waals surface area (Å²) in [5.74, 6) is 0. The summed E-state index contributed by atoms with van der Waals surface area (Å²) in [5, 5.41) is 15.6. The van der Waals surface area contributed by atoms with Gasteiger partial charge in [-0.3, -0.25) is 5.32 Å². The number of hydrogen-bond acceptors (Lipinski definition) is 4. The fraction of sp³-hybridized carbons (Fsp3) is 0.0952. The zero-order chi connectivity index (χ0) is 30.6. The molecule has 4 heteroatoms. The topological polar surface area (TPSA) is 27.3 Å². The zero-order valence-corrected chi connectivity index (χ0v) is 26.3. The first-order valence-electron chi connectivity index (χ1n) is 15.9. The van der Waals surface area contributed by atoms with E-state index in [1.165, 1.54) is 65.2 Å². The number of rotatable bonds is 4. The Kier molecular flexibility index (Phi) is 6.58. The number of hydrogen-bond donors (Lipinski definition) is 2. The molecule has 0 bridgehead atoms. The normalized spacial score (nSPS) is 19.3. The van der Waals surface area contributed by atoms with Crippen molar-refractivity contribution >= 4 is 55.5 Å². The molecule has 0 aliphatic carbocycles. The third-order valence-electron chi connectivity index (χ3n) is 9.52. The fourth-order valence-corrected chi connectivity index (χ4v) is 8.49. The van der Waals surface area contributed by atoms with E-state index in [2.05, 4.69) is 174 Å². The molecule has 2 heterocycles. The number of anilines is 1. The predicted octanol–water partition coefficient (Wildman–Crippen LogP) is 10.4. The van der Waals surface area contributed by atoms with Crippen LogP contribution in [0.2, 0.25) is 0 Å². The first kappa shape index (κ1) is 27.3. The number of fused-ring (bicyclic) bond motifs is 6. The van der Waals surface area contributed by atoms with Gasteiger partial charge >= 0.3 is 0 Å². The van der Waals surface area contributed by atoms with Crippen LogP contribution in [0.1, 0.15) is 39.8 Å². The highest BCUT2D eigenvalue weighted by Gasteiger charge is 2.31. The lowest BCUT2D eigenvalue weighted by molar-refractivity contribution is 0.443. The molecule has 222 valence electrons. The second-order valence-corrected chi connectivity index (χ2v) is 13.4. The van der Waals surface area contributed by atoms with Gasteiger partial charge in [-0.2, -0.15) is 0 Å². The molecule has 3 nitrogen and oxygen atoms in total. The maximum atomic E-state index is 3.87. The van der Waals surface area contributed by atoms with Crippen LogP contribution in [0.4, 0.5) is 5.69 Å². The summed E-state index contributed by atoms with van der Waals surface area (Å²) >= 11 is 1.95. The van der Waals surface area contributed by atoms with Crippen LogP contribution in [0.25, 0.3) is 38.0 Å². The Labute approximate surface area is 273 Å². The van der Waals surface area contributed by atoms with Gasteiger partial charge in [0.2, 0.25) is 0 Å². The minimum atomic E-state index is -0.0393. The van der Waals surface area contributed by atoms with Crippen LogP contribution in [0, 0.1) is 0 Å². The van der Waals surface area contributed by atoms with Gasteiger partial charge in [-0.1, -0.05) is 139 Å². The molecule has 7 aromatic rings. The maximum absolute atomic E-state index is 3.87. The smallest absolute Gasteiger partial charge is 0.105 e. The highest BCUT2D eigenvalue weighted by molar-refractivity contribution is 8.00. The van der Waals surface area contributed by atoms with Crippen molar-refractivity contribution in [3.8, 4) is 0 Å². The predicted molar refractivity (Wildman–Crippen MR) is 195 cm³/mol. The SMILES string of the molecule is CN1c2c(ccc3ccc4cc(C5NC(c6ccccc6)=CC(c6ccccc6)N5)ccc4c23)SC1c1ccc2ccccc2c1. The summed E-state index contributed by atoms with van der Waals surface area (Å²) < 4.78 is 0. The van der Waals surface area contributed by atoms with Gasteiger partial charge in [0, 0.05) is 23.0 Å². The lowest BCUT2D eigenvalue weighted by Crippen LogP contribution is -2.39. The van der Waals surface area contributed by atoms with E-state index in [1.807, 2.05) is 11.8 Å². The Morgan fingerprint density at radius 2 is 1.26 bits per heavy atom. The second kappa shape index (κ2) is 11.1. The highest BCUT2D eigenvalue weighted by atomic mass is 32.2. The number of thioether (sulfide) groups is 1. The molecule has 7 aromatic carbocycles. The van der Waals surface area contributed by atoms with Crippen molar-refractivity contribution in [2.75, 3.05) is 11.9 Å². The minimum absolute atomic E-state index is 0.0393. The van der Waals surface area contributed by atoms with Gasteiger partial charge in [0.1, 0.15) is 11.5 Å². The summed E-state index contributed by atoms with van der Waals surface area (Å²) in [6.07, 6.45) is 2.26. The fourth-order valence-electron chi connectivity index (χ4n) is 7.20. The lowest BCUT2D eigenvalue weighted by Gasteiger charge is -2.33. The van der Waals surface area contributed by atoms with Crippen molar-refractivity contribution in [3.63, 3.8) is 0 Å². The lowest BCUT2D eigenvalue weighted by atomic mass is 9.95. The van der Waals surface area contributed by atoms with E-state index in [9.17, 15) is 0 Å². The molecule has 0 fully saturated rings. The average molecular weight is 612 g/mol. The molecule has 2 N–H and O–H groups in total. The van der Waals surface area contributed by atoms with Crippen LogP contribution in [0.5, 0.6) is 0 Å². The number of benzene rings is 7. The molecule has 2 aliphatic rings. The van der Waals surface area contributed by atoms with Gasteiger partial charge in [-0.05, 0) is 73.5 Å². The molecule has 0 amide bonds. The summed E-state index contributed by atoms with van der Waals surface area (Å²) in [5.41, 5.74) is 7.48. The molecule has 46 heavy (non-hydrogen) atoms. The first-order chi connectivity index (χ1) is 22.7. The molecule has 0 saturated heterocycles. The minimum Gasteiger partial charge on any atom is -0.366 e. The molecular weight excluding hydrogens is 579 g/mol. The molecule has 9 rings (SSSR count). The summed E-state index contributed by atoms with van der Waals surface area (Å²) in [4.78, 5) is 3.81. The second-order valence-electron chi connectivity index (χ2n) is 12.3. The standard InChI is InChI=1S/C42H33N3S/c1-45-40-38(46-42(45)34-19-16-27-10-8-9-15-31(27)24-34)23-21-30-17-18-32-25-33(20-22-35(32)39(30)40)41-43-36(28-11-4-2-5-12-28)26-37(44-41)29-13-6-3-7-14-29/h2-26,36,41-44H,1H3. The molecule has 0 aromatic heterocycles. The van der Waals surface area contributed by atoms with Crippen LogP contribution >= 0.6 is 11.8 Å². The van der Waals surface area contributed by atoms with Gasteiger partial charge in [-0.25, -0.2) is 0 Å². The van der Waals surface area contributed by atoms with Crippen molar-refractivity contribution < 1.29 is 0 Å². The van der Waals surface area contributed by atoms with E-state index < -0.39 is 0 Å². The van der Waals surface area contributed by atoms with Gasteiger partial charge in [0.15, 0.2) is 0 Å². The van der Waals surface area contributed by atoms with E-state index in [-0.39, 0.29) is 17.6 Å². The van der Waals surface area contributed by atoms with Gasteiger partial charge < -0.3 is 10.2 Å². The molecular formula is C42H33N3S. The number of nitrogens with one attached hydrogen (secondary N) is 2. The van der Waals surface area contributed by atoms with Crippen LogP contribution in [0.3, 0.4) is 0 Å². The monoisotopic (exact) mass is 611 g/mol. The molecule has 3 unspecified atom stereocenters. The van der Waals surface area contributed by atoms with Crippen molar-refractivity contribution in [2.24, 2.45) is 0 Å². The summed E-state index contributed by atoms with van der Waals surface area (Å²) in [7, 11) is 2.25. The summed E-state index contributed by atoms with van der Waals surface area (Å²) in [6.45, 7) is 0. The Morgan fingerprint density at radius 1 is 0.587 bits per heavy atom. The Balaban J connectivity index is 1.10. The van der Waals surface area contributed by atoms with Crippen LogP contribution in [0.15, 0.2) is 157 Å². The highest BCUT2D eigenvalue weighted by Crippen LogP contribution is 2.54. The van der Waals surface area contributed by atoms with E-state index in [4.69, 9.17) is 0 Å². The molecule has 0 saturated carbocycles. The van der Waals surface area contributed by atoms with Gasteiger partial charge in [0.05, 0.1) is 11.7 Å². The Morgan fingerprint density at radius 3 is 2.11 bits per heavy atom. The quantitative estimate of drug-likeness (QED) is 0.194. The Bertz CT molecular complexity index is 2280. The van der Waals surface area contributed by atoms with Crippen molar-refractivity contribution in [1.29, 1.82) is 0 Å². The van der Waals surface area contributed by atoms with Crippen molar-refractivity contribution in [3.05, 3.63) is 174 Å². The van der Waals surface area contributed by atoms with E-state index >= 15 is 0 Å². The molecule has 3 atom stereocenters. The van der Waals surface area contributed by atoms with Crippen molar-refractivity contribution in [1.82, 2.24) is 10.6 Å². The van der Waals surface area contributed by atoms with Gasteiger partial charge in [-0.15, -0.1) is 0 Å². The van der Waals surface area contributed by atoms with Crippen LogP contribution in [-0.4, -0.2) is 7.05 Å². The van der Waals surface area contributed by atoms with Crippen molar-refractivity contribution in [2.45, 2.75) is 22.5 Å². The zero-order valence-electron chi connectivity index (χ0n) is 25.5.